The topological polar surface area (TPSA) is 78.4 Å². The molecule has 0 aliphatic carbocycles. The van der Waals surface area contributed by atoms with Crippen LogP contribution in [0.4, 0.5) is 10.5 Å². The van der Waals surface area contributed by atoms with Crippen LogP contribution >= 0.6 is 0 Å². The number of carboxylic acid groups (broad SMARTS) is 1. The van der Waals surface area contributed by atoms with Crippen LogP contribution in [0, 0.1) is 0 Å². The van der Waals surface area contributed by atoms with Crippen molar-refractivity contribution in [1.82, 2.24) is 5.32 Å². The number of anilines is 1. The smallest absolute Gasteiger partial charge is 0.325 e. The first-order chi connectivity index (χ1) is 7.09. The maximum atomic E-state index is 11.2. The van der Waals surface area contributed by atoms with E-state index in [0.717, 1.165) is 0 Å². The highest BCUT2D eigenvalue weighted by Crippen LogP contribution is 2.04. The van der Waals surface area contributed by atoms with Crippen molar-refractivity contribution in [3.05, 3.63) is 30.3 Å². The zero-order valence-electron chi connectivity index (χ0n) is 8.23. The summed E-state index contributed by atoms with van der Waals surface area (Å²) >= 11 is 0. The van der Waals surface area contributed by atoms with Gasteiger partial charge in [-0.3, -0.25) is 4.79 Å². The molecule has 0 radical (unpaired) electrons. The molecule has 2 amide bonds. The highest BCUT2D eigenvalue weighted by Gasteiger charge is 2.13. The molecule has 0 heterocycles. The van der Waals surface area contributed by atoms with Gasteiger partial charge in [0.05, 0.1) is 0 Å². The SMILES string of the molecule is C[C@H](NC(=O)Nc1ccccc1)C(=O)O. The quantitative estimate of drug-likeness (QED) is 0.700. The van der Waals surface area contributed by atoms with Crippen LogP contribution in [0.25, 0.3) is 0 Å². The van der Waals surface area contributed by atoms with Crippen LogP contribution in [-0.4, -0.2) is 23.1 Å². The molecule has 3 N–H and O–H groups in total. The van der Waals surface area contributed by atoms with Crippen LogP contribution < -0.4 is 10.6 Å². The average Bonchev–Trinajstić information content (AvgIpc) is 2.18. The summed E-state index contributed by atoms with van der Waals surface area (Å²) in [6.45, 7) is 1.40. The molecule has 0 saturated heterocycles. The lowest BCUT2D eigenvalue weighted by atomic mass is 10.3. The Morgan fingerprint density at radius 1 is 1.27 bits per heavy atom. The van der Waals surface area contributed by atoms with Crippen molar-refractivity contribution in [3.63, 3.8) is 0 Å². The van der Waals surface area contributed by atoms with Crippen molar-refractivity contribution >= 4 is 17.7 Å². The van der Waals surface area contributed by atoms with Gasteiger partial charge in [0.1, 0.15) is 6.04 Å². The molecule has 0 saturated carbocycles. The first kappa shape index (κ1) is 11.0. The Morgan fingerprint density at radius 3 is 2.40 bits per heavy atom. The van der Waals surface area contributed by atoms with Gasteiger partial charge in [-0.05, 0) is 19.1 Å². The molecule has 1 atom stereocenters. The number of carbonyl (C=O) groups excluding carboxylic acids is 1. The number of hydrogen-bond donors (Lipinski definition) is 3. The van der Waals surface area contributed by atoms with E-state index < -0.39 is 18.0 Å². The van der Waals surface area contributed by atoms with Crippen LogP contribution in [0.1, 0.15) is 6.92 Å². The third-order valence-corrected chi connectivity index (χ3v) is 1.75. The standard InChI is InChI=1S/C10H12N2O3/c1-7(9(13)14)11-10(15)12-8-5-3-2-4-6-8/h2-7H,1H3,(H,13,14)(H2,11,12,15)/t7-/m0/s1. The third-order valence-electron chi connectivity index (χ3n) is 1.75. The fourth-order valence-electron chi connectivity index (χ4n) is 0.947. The summed E-state index contributed by atoms with van der Waals surface area (Å²) in [5, 5.41) is 13.3. The summed E-state index contributed by atoms with van der Waals surface area (Å²) in [6.07, 6.45) is 0. The fraction of sp³-hybridized carbons (Fsp3) is 0.200. The van der Waals surface area contributed by atoms with Gasteiger partial charge in [0.25, 0.3) is 0 Å². The Hall–Kier alpha value is -2.04. The summed E-state index contributed by atoms with van der Waals surface area (Å²) in [5.74, 6) is -1.07. The van der Waals surface area contributed by atoms with E-state index in [4.69, 9.17) is 5.11 Å². The van der Waals surface area contributed by atoms with E-state index in [2.05, 4.69) is 10.6 Å². The van der Waals surface area contributed by atoms with Gasteiger partial charge in [-0.15, -0.1) is 0 Å². The van der Waals surface area contributed by atoms with Gasteiger partial charge in [-0.25, -0.2) is 4.79 Å². The van der Waals surface area contributed by atoms with Crippen molar-refractivity contribution in [2.24, 2.45) is 0 Å². The van der Waals surface area contributed by atoms with Gasteiger partial charge < -0.3 is 15.7 Å². The number of rotatable bonds is 3. The fourth-order valence-corrected chi connectivity index (χ4v) is 0.947. The van der Waals surface area contributed by atoms with E-state index in [1.807, 2.05) is 6.07 Å². The first-order valence-corrected chi connectivity index (χ1v) is 4.45. The van der Waals surface area contributed by atoms with Crippen molar-refractivity contribution in [2.75, 3.05) is 5.32 Å². The zero-order chi connectivity index (χ0) is 11.3. The first-order valence-electron chi connectivity index (χ1n) is 4.45. The summed E-state index contributed by atoms with van der Waals surface area (Å²) in [5.41, 5.74) is 0.618. The van der Waals surface area contributed by atoms with E-state index in [9.17, 15) is 9.59 Å². The van der Waals surface area contributed by atoms with Crippen LogP contribution in [0.15, 0.2) is 30.3 Å². The van der Waals surface area contributed by atoms with Crippen LogP contribution in [0.2, 0.25) is 0 Å². The number of carboxylic acids is 1. The molecule has 0 aliphatic rings. The molecular weight excluding hydrogens is 196 g/mol. The molecule has 0 aliphatic heterocycles. The summed E-state index contributed by atoms with van der Waals surface area (Å²) in [6, 6.07) is 7.36. The molecule has 0 unspecified atom stereocenters. The number of amides is 2. The third kappa shape index (κ3) is 3.68. The van der Waals surface area contributed by atoms with E-state index in [1.165, 1.54) is 6.92 Å². The molecule has 5 heteroatoms. The van der Waals surface area contributed by atoms with Gasteiger partial charge in [-0.2, -0.15) is 0 Å². The van der Waals surface area contributed by atoms with Gasteiger partial charge in [-0.1, -0.05) is 18.2 Å². The highest BCUT2D eigenvalue weighted by molar-refractivity contribution is 5.92. The Bertz CT molecular complexity index is 351. The van der Waals surface area contributed by atoms with Crippen molar-refractivity contribution in [1.29, 1.82) is 0 Å². The van der Waals surface area contributed by atoms with Gasteiger partial charge in [0, 0.05) is 5.69 Å². The Morgan fingerprint density at radius 2 is 1.87 bits per heavy atom. The normalized spacial score (nSPS) is 11.5. The summed E-state index contributed by atoms with van der Waals surface area (Å²) < 4.78 is 0. The molecule has 0 spiro atoms. The molecule has 5 nitrogen and oxygen atoms in total. The van der Waals surface area contributed by atoms with Gasteiger partial charge >= 0.3 is 12.0 Å². The zero-order valence-corrected chi connectivity index (χ0v) is 8.23. The molecule has 1 rings (SSSR count). The van der Waals surface area contributed by atoms with E-state index in [-0.39, 0.29) is 0 Å². The predicted octanol–water partition coefficient (Wildman–Crippen LogP) is 1.28. The monoisotopic (exact) mass is 208 g/mol. The van der Waals surface area contributed by atoms with E-state index in [1.54, 1.807) is 24.3 Å². The average molecular weight is 208 g/mol. The lowest BCUT2D eigenvalue weighted by Gasteiger charge is -2.10. The largest absolute Gasteiger partial charge is 0.480 e. The number of carbonyl (C=O) groups is 2. The molecule has 0 aromatic heterocycles. The number of para-hydroxylation sites is 1. The minimum atomic E-state index is -1.07. The van der Waals surface area contributed by atoms with Gasteiger partial charge in [0.2, 0.25) is 0 Å². The molecule has 0 bridgehead atoms. The van der Waals surface area contributed by atoms with Gasteiger partial charge in [0.15, 0.2) is 0 Å². The number of aliphatic carboxylic acids is 1. The summed E-state index contributed by atoms with van der Waals surface area (Å²) in [4.78, 5) is 21.7. The van der Waals surface area contributed by atoms with E-state index in [0.29, 0.717) is 5.69 Å². The van der Waals surface area contributed by atoms with Crippen molar-refractivity contribution in [2.45, 2.75) is 13.0 Å². The number of benzene rings is 1. The number of nitrogens with one attached hydrogen (secondary N) is 2. The molecular formula is C10H12N2O3. The minimum Gasteiger partial charge on any atom is -0.480 e. The maximum absolute atomic E-state index is 11.2. The molecule has 1 aromatic rings. The maximum Gasteiger partial charge on any atom is 0.325 e. The second-order valence-corrected chi connectivity index (χ2v) is 3.02. The Labute approximate surface area is 87.1 Å². The van der Waals surface area contributed by atoms with Crippen molar-refractivity contribution in [3.8, 4) is 0 Å². The predicted molar refractivity (Wildman–Crippen MR) is 55.7 cm³/mol. The van der Waals surface area contributed by atoms with E-state index >= 15 is 0 Å². The second kappa shape index (κ2) is 4.99. The minimum absolute atomic E-state index is 0.531. The molecule has 80 valence electrons. The van der Waals surface area contributed by atoms with Crippen molar-refractivity contribution < 1.29 is 14.7 Å². The molecule has 15 heavy (non-hydrogen) atoms. The van der Waals surface area contributed by atoms with Crippen LogP contribution in [0.5, 0.6) is 0 Å². The van der Waals surface area contributed by atoms with Crippen LogP contribution in [0.3, 0.4) is 0 Å². The van der Waals surface area contributed by atoms with Crippen LogP contribution in [-0.2, 0) is 4.79 Å². The number of hydrogen-bond acceptors (Lipinski definition) is 2. The highest BCUT2D eigenvalue weighted by atomic mass is 16.4. The number of urea groups is 1. The summed E-state index contributed by atoms with van der Waals surface area (Å²) in [7, 11) is 0. The molecule has 1 aromatic carbocycles. The second-order valence-electron chi connectivity index (χ2n) is 3.02. The molecule has 0 fully saturated rings. The Balaban J connectivity index is 2.47. The lowest BCUT2D eigenvalue weighted by molar-refractivity contribution is -0.138. The lowest BCUT2D eigenvalue weighted by Crippen LogP contribution is -2.40. The Kier molecular flexibility index (Phi) is 3.68.